The Morgan fingerprint density at radius 3 is 2.54 bits per heavy atom. The number of ether oxygens (including phenoxy) is 2. The van der Waals surface area contributed by atoms with Gasteiger partial charge in [-0.05, 0) is 32.1 Å². The van der Waals surface area contributed by atoms with Crippen molar-refractivity contribution in [3.05, 3.63) is 0 Å². The van der Waals surface area contributed by atoms with Crippen LogP contribution in [0.3, 0.4) is 0 Å². The zero-order valence-corrected chi connectivity index (χ0v) is 10.1. The highest BCUT2D eigenvalue weighted by Gasteiger charge is 2.03. The minimum atomic E-state index is -0.247. The third kappa shape index (κ3) is 8.39. The summed E-state index contributed by atoms with van der Waals surface area (Å²) >= 11 is 0. The van der Waals surface area contributed by atoms with E-state index in [1.807, 2.05) is 0 Å². The second-order valence-electron chi connectivity index (χ2n) is 2.94. The predicted octanol–water partition coefficient (Wildman–Crippen LogP) is -0.912. The molecule has 0 aliphatic rings. The van der Waals surface area contributed by atoms with E-state index in [0.29, 0.717) is 0 Å². The summed E-state index contributed by atoms with van der Waals surface area (Å²) in [5.41, 5.74) is 5.36. The molecule has 80 valence electrons. The lowest BCUT2D eigenvalue weighted by molar-refractivity contribution is -0.0440. The third-order valence-electron chi connectivity index (χ3n) is 1.88. The van der Waals surface area contributed by atoms with Crippen molar-refractivity contribution in [1.29, 1.82) is 0 Å². The second kappa shape index (κ2) is 10.1. The molecular formula is C8H22N2O2Si. The van der Waals surface area contributed by atoms with Gasteiger partial charge in [-0.1, -0.05) is 0 Å². The van der Waals surface area contributed by atoms with Crippen molar-refractivity contribution in [1.82, 2.24) is 5.32 Å². The Morgan fingerprint density at radius 2 is 2.00 bits per heavy atom. The van der Waals surface area contributed by atoms with Gasteiger partial charge in [0.2, 0.25) is 0 Å². The van der Waals surface area contributed by atoms with E-state index in [2.05, 4.69) is 5.32 Å². The van der Waals surface area contributed by atoms with Crippen molar-refractivity contribution in [2.75, 3.05) is 33.9 Å². The van der Waals surface area contributed by atoms with Gasteiger partial charge >= 0.3 is 0 Å². The summed E-state index contributed by atoms with van der Waals surface area (Å²) < 4.78 is 10.2. The highest BCUT2D eigenvalue weighted by molar-refractivity contribution is 6.36. The number of hydrogen-bond donors (Lipinski definition) is 2. The van der Waals surface area contributed by atoms with Crippen molar-refractivity contribution in [3.8, 4) is 0 Å². The average molecular weight is 206 g/mol. The summed E-state index contributed by atoms with van der Waals surface area (Å²) in [6, 6.07) is 1.21. The van der Waals surface area contributed by atoms with Gasteiger partial charge < -0.3 is 20.5 Å². The lowest BCUT2D eigenvalue weighted by Gasteiger charge is -2.12. The highest BCUT2D eigenvalue weighted by Crippen LogP contribution is 1.90. The molecule has 4 nitrogen and oxygen atoms in total. The first kappa shape index (κ1) is 13.1. The molecule has 0 unspecified atom stereocenters. The quantitative estimate of drug-likeness (QED) is 0.291. The van der Waals surface area contributed by atoms with Crippen molar-refractivity contribution in [2.45, 2.75) is 18.4 Å². The first-order valence-electron chi connectivity index (χ1n) is 4.81. The fourth-order valence-electron chi connectivity index (χ4n) is 1.08. The van der Waals surface area contributed by atoms with Gasteiger partial charge in [-0.3, -0.25) is 0 Å². The minimum Gasteiger partial charge on any atom is -0.360 e. The standard InChI is InChI=1S/C8H22N2O2Si/c1-11-8(12-2)13-7-6-10-5-3-4-9/h8,10H,3-7,9,13H2,1-2H3. The van der Waals surface area contributed by atoms with Crippen LogP contribution in [0.1, 0.15) is 6.42 Å². The van der Waals surface area contributed by atoms with E-state index in [-0.39, 0.29) is 15.4 Å². The molecule has 0 amide bonds. The van der Waals surface area contributed by atoms with Crippen molar-refractivity contribution >= 4 is 9.52 Å². The largest absolute Gasteiger partial charge is 0.360 e. The Hall–Kier alpha value is 0.0569. The molecule has 0 bridgehead atoms. The molecule has 0 atom stereocenters. The summed E-state index contributed by atoms with van der Waals surface area (Å²) in [5, 5.41) is 3.33. The Bertz CT molecular complexity index is 102. The van der Waals surface area contributed by atoms with Crippen LogP contribution in [0.15, 0.2) is 0 Å². The van der Waals surface area contributed by atoms with Gasteiger partial charge in [0.25, 0.3) is 0 Å². The Morgan fingerprint density at radius 1 is 1.31 bits per heavy atom. The smallest absolute Gasteiger partial charge is 0.134 e. The van der Waals surface area contributed by atoms with Gasteiger partial charge in [0.15, 0.2) is 0 Å². The Labute approximate surface area is 83.0 Å². The van der Waals surface area contributed by atoms with Crippen LogP contribution < -0.4 is 11.1 Å². The summed E-state index contributed by atoms with van der Waals surface area (Å²) in [6.07, 6.45) is 1.06. The fourth-order valence-corrected chi connectivity index (χ4v) is 2.34. The first-order valence-corrected chi connectivity index (χ1v) is 6.63. The molecule has 5 heteroatoms. The maximum Gasteiger partial charge on any atom is 0.134 e. The van der Waals surface area contributed by atoms with Crippen LogP contribution in [-0.2, 0) is 9.47 Å². The van der Waals surface area contributed by atoms with Crippen molar-refractivity contribution in [2.24, 2.45) is 5.73 Å². The monoisotopic (exact) mass is 206 g/mol. The molecule has 0 rings (SSSR count). The number of hydrogen-bond acceptors (Lipinski definition) is 4. The Kier molecular flexibility index (Phi) is 10.2. The molecule has 0 aliphatic heterocycles. The normalized spacial score (nSPS) is 12.0. The van der Waals surface area contributed by atoms with E-state index in [0.717, 1.165) is 26.1 Å². The van der Waals surface area contributed by atoms with Gasteiger partial charge in [0, 0.05) is 14.2 Å². The van der Waals surface area contributed by atoms with E-state index < -0.39 is 0 Å². The lowest BCUT2D eigenvalue weighted by Crippen LogP contribution is -2.26. The fraction of sp³-hybridized carbons (Fsp3) is 1.00. The zero-order valence-electron chi connectivity index (χ0n) is 8.71. The highest BCUT2D eigenvalue weighted by atomic mass is 28.2. The van der Waals surface area contributed by atoms with Crippen LogP contribution in [0.25, 0.3) is 0 Å². The maximum atomic E-state index is 5.36. The van der Waals surface area contributed by atoms with E-state index >= 15 is 0 Å². The van der Waals surface area contributed by atoms with Crippen LogP contribution in [-0.4, -0.2) is 49.3 Å². The molecule has 13 heavy (non-hydrogen) atoms. The van der Waals surface area contributed by atoms with E-state index in [4.69, 9.17) is 15.2 Å². The van der Waals surface area contributed by atoms with Crippen LogP contribution in [0.4, 0.5) is 0 Å². The van der Waals surface area contributed by atoms with Gasteiger partial charge in [-0.2, -0.15) is 0 Å². The average Bonchev–Trinajstić information content (AvgIpc) is 2.17. The number of nitrogens with two attached hydrogens (primary N) is 1. The summed E-state index contributed by atoms with van der Waals surface area (Å²) in [4.78, 5) is 0. The molecule has 0 saturated heterocycles. The molecule has 0 heterocycles. The topological polar surface area (TPSA) is 56.5 Å². The lowest BCUT2D eigenvalue weighted by atomic mass is 10.4. The van der Waals surface area contributed by atoms with Gasteiger partial charge in [-0.15, -0.1) is 0 Å². The van der Waals surface area contributed by atoms with Crippen LogP contribution >= 0.6 is 0 Å². The molecule has 0 aromatic carbocycles. The van der Waals surface area contributed by atoms with Gasteiger partial charge in [-0.25, -0.2) is 0 Å². The molecule has 3 N–H and O–H groups in total. The molecular weight excluding hydrogens is 184 g/mol. The van der Waals surface area contributed by atoms with E-state index in [1.54, 1.807) is 14.2 Å². The van der Waals surface area contributed by atoms with E-state index in [9.17, 15) is 0 Å². The van der Waals surface area contributed by atoms with Gasteiger partial charge in [0.05, 0.1) is 9.52 Å². The van der Waals surface area contributed by atoms with E-state index in [1.165, 1.54) is 6.04 Å². The number of rotatable bonds is 9. The SMILES string of the molecule is COC(OC)[SiH2]CCNCCCN. The first-order chi connectivity index (χ1) is 6.35. The third-order valence-corrected chi connectivity index (χ3v) is 3.78. The molecule has 0 aromatic rings. The van der Waals surface area contributed by atoms with Crippen molar-refractivity contribution < 1.29 is 9.47 Å². The summed E-state index contributed by atoms with van der Waals surface area (Å²) in [5.74, 6) is 0.0799. The predicted molar refractivity (Wildman–Crippen MR) is 57.7 cm³/mol. The maximum absolute atomic E-state index is 5.36. The molecule has 0 spiro atoms. The van der Waals surface area contributed by atoms with Gasteiger partial charge in [0.1, 0.15) is 5.91 Å². The van der Waals surface area contributed by atoms with Crippen LogP contribution in [0, 0.1) is 0 Å². The van der Waals surface area contributed by atoms with Crippen LogP contribution in [0.5, 0.6) is 0 Å². The zero-order chi connectivity index (χ0) is 9.94. The minimum absolute atomic E-state index is 0.0799. The Balaban J connectivity index is 3.05. The second-order valence-corrected chi connectivity index (χ2v) is 4.89. The summed E-state index contributed by atoms with van der Waals surface area (Å²) in [6.45, 7) is 2.86. The van der Waals surface area contributed by atoms with Crippen LogP contribution in [0.2, 0.25) is 6.04 Å². The molecule has 0 aliphatic carbocycles. The molecule has 0 radical (unpaired) electrons. The number of nitrogens with one attached hydrogen (secondary N) is 1. The number of methoxy groups -OCH3 is 2. The molecule has 0 saturated carbocycles. The molecule has 0 aromatic heterocycles. The summed E-state index contributed by atoms with van der Waals surface area (Å²) in [7, 11) is 3.15. The van der Waals surface area contributed by atoms with Crippen molar-refractivity contribution in [3.63, 3.8) is 0 Å². The molecule has 0 fully saturated rings.